The third-order valence-electron chi connectivity index (χ3n) is 9.25. The zero-order valence-electron chi connectivity index (χ0n) is 29.8. The van der Waals surface area contributed by atoms with Crippen LogP contribution >= 0.6 is 11.8 Å². The summed E-state index contributed by atoms with van der Waals surface area (Å²) in [4.78, 5) is 15.1. The first-order valence-corrected chi connectivity index (χ1v) is 21.7. The molecule has 0 fully saturated rings. The van der Waals surface area contributed by atoms with Crippen LogP contribution in [0, 0.1) is 0 Å². The summed E-state index contributed by atoms with van der Waals surface area (Å²) in [5, 5.41) is 12.7. The number of nitrogens with zero attached hydrogens (tertiary/aromatic N) is 1. The summed E-state index contributed by atoms with van der Waals surface area (Å²) in [5.41, 5.74) is 2.19. The maximum atomic E-state index is 15.1. The van der Waals surface area contributed by atoms with Crippen LogP contribution in [0.2, 0.25) is 5.04 Å². The summed E-state index contributed by atoms with van der Waals surface area (Å²) in [6.07, 6.45) is -1.38. The molecule has 0 amide bonds. The monoisotopic (exact) mass is 737 g/mol. The second-order valence-corrected chi connectivity index (χ2v) is 21.2. The second kappa shape index (κ2) is 16.7. The molecule has 0 aliphatic heterocycles. The summed E-state index contributed by atoms with van der Waals surface area (Å²) < 4.78 is 35.7. The molecule has 0 radical (unpaired) electrons. The molecule has 9 heteroatoms. The Bertz CT molecular complexity index is 1900. The summed E-state index contributed by atoms with van der Waals surface area (Å²) in [6, 6.07) is 47.5. The van der Waals surface area contributed by atoms with E-state index in [4.69, 9.17) is 4.43 Å². The van der Waals surface area contributed by atoms with Gasteiger partial charge in [0.25, 0.3) is 8.32 Å². The average molecular weight is 738 g/mol. The molecule has 0 aliphatic carbocycles. The summed E-state index contributed by atoms with van der Waals surface area (Å²) in [5.74, 6) is 0. The normalized spacial score (nSPS) is 14.8. The standard InChI is InChI=1S/C42H47NO5S2Si/c1-32(43(50(5,46)47)31-33-21-11-6-12-22-33)40(35-25-15-8-16-26-35)49-41(45)39(38(44)34-23-13-7-14-24-34)48-51(42(2,3)4,36-27-17-9-18-28-36)37-29-19-10-20-30-37/h6-30,32,38-40,44H,31H2,1-5H3/t32-,38+,39+,40-/m1/s1. The van der Waals surface area contributed by atoms with Crippen molar-refractivity contribution in [1.82, 2.24) is 4.31 Å². The Morgan fingerprint density at radius 1 is 0.725 bits per heavy atom. The minimum Gasteiger partial charge on any atom is -0.394 e. The number of carbonyl (C=O) groups is 1. The van der Waals surface area contributed by atoms with Crippen molar-refractivity contribution in [2.45, 2.75) is 62.8 Å². The molecule has 0 saturated heterocycles. The van der Waals surface area contributed by atoms with Crippen molar-refractivity contribution in [2.24, 2.45) is 0 Å². The van der Waals surface area contributed by atoms with Gasteiger partial charge in [-0.1, -0.05) is 184 Å². The molecule has 0 aromatic heterocycles. The molecule has 0 unspecified atom stereocenters. The molecular formula is C42H47NO5S2Si. The van der Waals surface area contributed by atoms with E-state index >= 15 is 4.79 Å². The van der Waals surface area contributed by atoms with Gasteiger partial charge >= 0.3 is 0 Å². The molecule has 5 rings (SSSR count). The lowest BCUT2D eigenvalue weighted by atomic mass is 10.1. The zero-order valence-corrected chi connectivity index (χ0v) is 32.4. The Morgan fingerprint density at radius 3 is 1.57 bits per heavy atom. The fourth-order valence-electron chi connectivity index (χ4n) is 6.71. The highest BCUT2D eigenvalue weighted by molar-refractivity contribution is 8.14. The van der Waals surface area contributed by atoms with Gasteiger partial charge in [-0.3, -0.25) is 4.79 Å². The minimum absolute atomic E-state index is 0.146. The fourth-order valence-corrected chi connectivity index (χ4v) is 13.8. The van der Waals surface area contributed by atoms with Gasteiger partial charge in [0.2, 0.25) is 15.1 Å². The first kappa shape index (κ1) is 38.4. The van der Waals surface area contributed by atoms with Gasteiger partial charge < -0.3 is 9.53 Å². The third kappa shape index (κ3) is 8.98. The van der Waals surface area contributed by atoms with E-state index in [1.807, 2.05) is 122 Å². The molecule has 6 nitrogen and oxygen atoms in total. The topological polar surface area (TPSA) is 83.9 Å². The molecule has 266 valence electrons. The van der Waals surface area contributed by atoms with Gasteiger partial charge in [-0.25, -0.2) is 8.42 Å². The second-order valence-electron chi connectivity index (χ2n) is 13.9. The number of carbonyl (C=O) groups excluding carboxylic acids is 1. The lowest BCUT2D eigenvalue weighted by Gasteiger charge is -2.45. The maximum Gasteiger partial charge on any atom is 0.262 e. The molecule has 0 heterocycles. The molecule has 0 spiro atoms. The lowest BCUT2D eigenvalue weighted by molar-refractivity contribution is -0.122. The SMILES string of the molecule is C[C@H]([C@@H](SC(=O)[C@@H](O[Si](c1ccccc1)(c1ccccc1)C(C)(C)C)[C@@H](O)c1ccccc1)c1ccccc1)N(Cc1ccccc1)S(C)(=O)=O. The molecule has 4 atom stereocenters. The molecule has 0 aliphatic rings. The number of benzene rings is 5. The molecule has 5 aromatic rings. The number of sulfonamides is 1. The van der Waals surface area contributed by atoms with Crippen molar-refractivity contribution in [3.8, 4) is 0 Å². The van der Waals surface area contributed by atoms with E-state index in [0.717, 1.165) is 33.3 Å². The Hall–Kier alpha value is -3.83. The molecular weight excluding hydrogens is 691 g/mol. The van der Waals surface area contributed by atoms with Gasteiger partial charge in [0.15, 0.2) is 0 Å². The van der Waals surface area contributed by atoms with E-state index in [-0.39, 0.29) is 11.7 Å². The van der Waals surface area contributed by atoms with Crippen molar-refractivity contribution < 1.29 is 22.7 Å². The number of hydrogen-bond donors (Lipinski definition) is 1. The first-order chi connectivity index (χ1) is 24.3. The predicted molar refractivity (Wildman–Crippen MR) is 212 cm³/mol. The van der Waals surface area contributed by atoms with Gasteiger partial charge in [-0.15, -0.1) is 0 Å². The Labute approximate surface area is 308 Å². The number of thioether (sulfide) groups is 1. The highest BCUT2D eigenvalue weighted by Crippen LogP contribution is 2.43. The van der Waals surface area contributed by atoms with Crippen LogP contribution < -0.4 is 10.4 Å². The van der Waals surface area contributed by atoms with Gasteiger partial charge in [-0.2, -0.15) is 4.31 Å². The van der Waals surface area contributed by atoms with Crippen molar-refractivity contribution in [1.29, 1.82) is 0 Å². The lowest BCUT2D eigenvalue weighted by Crippen LogP contribution is -2.68. The van der Waals surface area contributed by atoms with E-state index in [1.54, 1.807) is 12.1 Å². The number of rotatable bonds is 14. The van der Waals surface area contributed by atoms with Gasteiger partial charge in [0.1, 0.15) is 12.2 Å². The van der Waals surface area contributed by atoms with E-state index < -0.39 is 46.9 Å². The fraction of sp³-hybridized carbons (Fsp3) is 0.262. The van der Waals surface area contributed by atoms with Crippen LogP contribution in [0.4, 0.5) is 0 Å². The Balaban J connectivity index is 1.64. The smallest absolute Gasteiger partial charge is 0.262 e. The van der Waals surface area contributed by atoms with Crippen LogP contribution in [-0.2, 0) is 25.8 Å². The van der Waals surface area contributed by atoms with Crippen LogP contribution in [0.3, 0.4) is 0 Å². The van der Waals surface area contributed by atoms with Crippen LogP contribution in [0.1, 0.15) is 55.7 Å². The van der Waals surface area contributed by atoms with Crippen molar-refractivity contribution in [2.75, 3.05) is 6.26 Å². The van der Waals surface area contributed by atoms with Gasteiger partial charge in [0, 0.05) is 12.6 Å². The molecule has 5 aromatic carbocycles. The summed E-state index contributed by atoms with van der Waals surface area (Å²) in [7, 11) is -7.05. The van der Waals surface area contributed by atoms with E-state index in [1.165, 1.54) is 10.6 Å². The van der Waals surface area contributed by atoms with Crippen molar-refractivity contribution >= 4 is 45.6 Å². The molecule has 0 saturated carbocycles. The Kier molecular flexibility index (Phi) is 12.6. The van der Waals surface area contributed by atoms with Crippen LogP contribution in [0.5, 0.6) is 0 Å². The van der Waals surface area contributed by atoms with Gasteiger partial charge in [-0.05, 0) is 39.0 Å². The molecule has 0 bridgehead atoms. The average Bonchev–Trinajstić information content (AvgIpc) is 3.13. The number of aliphatic hydroxyl groups excluding tert-OH is 1. The number of hydrogen-bond acceptors (Lipinski definition) is 6. The minimum atomic E-state index is -3.72. The highest BCUT2D eigenvalue weighted by atomic mass is 32.2. The Morgan fingerprint density at radius 2 is 1.14 bits per heavy atom. The highest BCUT2D eigenvalue weighted by Gasteiger charge is 2.53. The third-order valence-corrected chi connectivity index (χ3v) is 17.0. The van der Waals surface area contributed by atoms with Gasteiger partial charge in [0.05, 0.1) is 11.5 Å². The van der Waals surface area contributed by atoms with Crippen LogP contribution in [-0.4, -0.2) is 49.7 Å². The largest absolute Gasteiger partial charge is 0.394 e. The van der Waals surface area contributed by atoms with E-state index in [0.29, 0.717) is 5.56 Å². The molecule has 1 N–H and O–H groups in total. The molecule has 51 heavy (non-hydrogen) atoms. The predicted octanol–water partition coefficient (Wildman–Crippen LogP) is 7.52. The van der Waals surface area contributed by atoms with Crippen LogP contribution in [0.25, 0.3) is 0 Å². The zero-order chi connectivity index (χ0) is 36.6. The summed E-state index contributed by atoms with van der Waals surface area (Å²) in [6.45, 7) is 8.38. The van der Waals surface area contributed by atoms with Crippen LogP contribution in [0.15, 0.2) is 152 Å². The van der Waals surface area contributed by atoms with E-state index in [9.17, 15) is 13.5 Å². The van der Waals surface area contributed by atoms with Crippen molar-refractivity contribution in [3.05, 3.63) is 168 Å². The van der Waals surface area contributed by atoms with E-state index in [2.05, 4.69) is 45.0 Å². The maximum absolute atomic E-state index is 15.1. The quantitative estimate of drug-likeness (QED) is 0.119. The number of aliphatic hydroxyl groups is 1. The first-order valence-electron chi connectivity index (χ1n) is 17.1. The van der Waals surface area contributed by atoms with Crippen molar-refractivity contribution in [3.63, 3.8) is 0 Å². The summed E-state index contributed by atoms with van der Waals surface area (Å²) >= 11 is 1.03.